The molecule has 0 unspecified atom stereocenters. The van der Waals surface area contributed by atoms with Crippen LogP contribution in [0.15, 0.2) is 81.7 Å². The fourth-order valence-corrected chi connectivity index (χ4v) is 3.02. The Kier molecular flexibility index (Phi) is 6.95. The monoisotopic (exact) mass is 515 g/mol. The van der Waals surface area contributed by atoms with E-state index in [2.05, 4.69) is 37.2 Å². The van der Waals surface area contributed by atoms with Crippen molar-refractivity contribution < 1.29 is 19.1 Å². The molecule has 0 aliphatic rings. The summed E-state index contributed by atoms with van der Waals surface area (Å²) in [6.45, 7) is -0.393. The fraction of sp³-hybridized carbons (Fsp3) is 0.0455. The van der Waals surface area contributed by atoms with Gasteiger partial charge in [0.25, 0.3) is 5.91 Å². The van der Waals surface area contributed by atoms with Crippen LogP contribution in [0.1, 0.15) is 31.1 Å². The van der Waals surface area contributed by atoms with Gasteiger partial charge < -0.3 is 10.1 Å². The number of ketones is 1. The quantitative estimate of drug-likeness (QED) is 0.346. The summed E-state index contributed by atoms with van der Waals surface area (Å²) in [4.78, 5) is 37.1. The molecule has 1 N–H and O–H groups in total. The Hall–Kier alpha value is -2.77. The molecule has 5 nitrogen and oxygen atoms in total. The van der Waals surface area contributed by atoms with E-state index >= 15 is 0 Å². The molecule has 3 aromatic rings. The minimum absolute atomic E-state index is 0.168. The third-order valence-electron chi connectivity index (χ3n) is 4.00. The Morgan fingerprint density at radius 1 is 0.759 bits per heavy atom. The number of anilines is 1. The lowest BCUT2D eigenvalue weighted by molar-refractivity contribution is 0.0475. The Balaban J connectivity index is 1.68. The number of halogens is 2. The molecule has 0 spiro atoms. The van der Waals surface area contributed by atoms with E-state index in [1.807, 2.05) is 0 Å². The van der Waals surface area contributed by atoms with E-state index in [9.17, 15) is 14.4 Å². The summed E-state index contributed by atoms with van der Waals surface area (Å²) < 4.78 is 6.86. The van der Waals surface area contributed by atoms with Crippen molar-refractivity contribution in [2.24, 2.45) is 0 Å². The number of rotatable bonds is 6. The number of carbonyl (C=O) groups excluding carboxylic acids is 3. The molecule has 3 rings (SSSR count). The topological polar surface area (TPSA) is 72.5 Å². The summed E-state index contributed by atoms with van der Waals surface area (Å²) in [5.41, 5.74) is 1.36. The highest BCUT2D eigenvalue weighted by atomic mass is 79.9. The van der Waals surface area contributed by atoms with Gasteiger partial charge in [-0.1, -0.05) is 56.1 Å². The van der Waals surface area contributed by atoms with Gasteiger partial charge in [-0.2, -0.15) is 0 Å². The second-order valence-electron chi connectivity index (χ2n) is 6.01. The maximum absolute atomic E-state index is 12.5. The van der Waals surface area contributed by atoms with Crippen LogP contribution >= 0.6 is 31.9 Å². The lowest BCUT2D eigenvalue weighted by Crippen LogP contribution is -2.18. The zero-order valence-electron chi connectivity index (χ0n) is 15.0. The summed E-state index contributed by atoms with van der Waals surface area (Å²) in [6.07, 6.45) is 0. The van der Waals surface area contributed by atoms with Gasteiger partial charge in [0.2, 0.25) is 0 Å². The normalized spacial score (nSPS) is 10.3. The van der Waals surface area contributed by atoms with Gasteiger partial charge in [-0.05, 0) is 48.5 Å². The van der Waals surface area contributed by atoms with E-state index in [1.54, 1.807) is 66.7 Å². The fourth-order valence-electron chi connectivity index (χ4n) is 2.49. The number of amides is 1. The summed E-state index contributed by atoms with van der Waals surface area (Å²) >= 11 is 6.62. The molecule has 29 heavy (non-hydrogen) atoms. The third kappa shape index (κ3) is 5.62. The van der Waals surface area contributed by atoms with Crippen molar-refractivity contribution in [2.45, 2.75) is 0 Å². The molecule has 0 saturated heterocycles. The van der Waals surface area contributed by atoms with Gasteiger partial charge in [-0.25, -0.2) is 4.79 Å². The molecule has 0 heterocycles. The lowest BCUT2D eigenvalue weighted by Gasteiger charge is -2.11. The number of nitrogens with one attached hydrogen (secondary N) is 1. The molecule has 0 saturated carbocycles. The first-order valence-electron chi connectivity index (χ1n) is 8.56. The molecule has 7 heteroatoms. The van der Waals surface area contributed by atoms with Crippen molar-refractivity contribution in [3.63, 3.8) is 0 Å². The van der Waals surface area contributed by atoms with Crippen molar-refractivity contribution in [2.75, 3.05) is 11.9 Å². The lowest BCUT2D eigenvalue weighted by atomic mass is 10.1. The Morgan fingerprint density at radius 2 is 1.31 bits per heavy atom. The van der Waals surface area contributed by atoms with Crippen LogP contribution in [0.25, 0.3) is 0 Å². The van der Waals surface area contributed by atoms with Crippen molar-refractivity contribution in [3.8, 4) is 0 Å². The predicted octanol–water partition coefficient (Wildman–Crippen LogP) is 5.50. The number of ether oxygens (including phenoxy) is 1. The number of Topliss-reactive ketones (excluding diaryl/α,β-unsaturated/α-hetero) is 1. The Labute approximate surface area is 184 Å². The summed E-state index contributed by atoms with van der Waals surface area (Å²) in [5, 5.41) is 2.71. The largest absolute Gasteiger partial charge is 0.454 e. The van der Waals surface area contributed by atoms with Crippen LogP contribution in [0.5, 0.6) is 0 Å². The smallest absolute Gasteiger partial charge is 0.340 e. The molecule has 0 aromatic heterocycles. The molecule has 0 fully saturated rings. The van der Waals surface area contributed by atoms with Crippen molar-refractivity contribution in [1.82, 2.24) is 0 Å². The Morgan fingerprint density at radius 3 is 1.93 bits per heavy atom. The van der Waals surface area contributed by atoms with Gasteiger partial charge in [0.15, 0.2) is 12.4 Å². The standard InChI is InChI=1S/C22H15Br2NO4/c23-16-9-5-14(6-10-16)20(26)13-29-22(28)18-3-1-2-4-19(18)25-21(27)15-7-11-17(24)12-8-15/h1-12H,13H2,(H,25,27). The van der Waals surface area contributed by atoms with Gasteiger partial charge >= 0.3 is 5.97 Å². The number of benzene rings is 3. The zero-order valence-corrected chi connectivity index (χ0v) is 18.2. The summed E-state index contributed by atoms with van der Waals surface area (Å²) in [7, 11) is 0. The van der Waals surface area contributed by atoms with E-state index in [4.69, 9.17) is 4.74 Å². The van der Waals surface area contributed by atoms with Gasteiger partial charge in [0.1, 0.15) is 0 Å². The number of hydrogen-bond acceptors (Lipinski definition) is 4. The summed E-state index contributed by atoms with van der Waals surface area (Å²) in [5.74, 6) is -1.37. The molecule has 1 amide bonds. The number of esters is 1. The first-order chi connectivity index (χ1) is 13.9. The van der Waals surface area contributed by atoms with Crippen LogP contribution in [0.4, 0.5) is 5.69 Å². The first-order valence-corrected chi connectivity index (χ1v) is 10.1. The van der Waals surface area contributed by atoms with Crippen LogP contribution in [0.2, 0.25) is 0 Å². The third-order valence-corrected chi connectivity index (χ3v) is 5.06. The van der Waals surface area contributed by atoms with E-state index in [1.165, 1.54) is 6.07 Å². The van der Waals surface area contributed by atoms with Crippen molar-refractivity contribution in [1.29, 1.82) is 0 Å². The molecule has 0 aliphatic heterocycles. The maximum Gasteiger partial charge on any atom is 0.340 e. The van der Waals surface area contributed by atoms with Crippen LogP contribution in [-0.4, -0.2) is 24.3 Å². The van der Waals surface area contributed by atoms with E-state index in [-0.39, 0.29) is 17.3 Å². The molecular weight excluding hydrogens is 502 g/mol. The Bertz CT molecular complexity index is 1050. The van der Waals surface area contributed by atoms with Gasteiger partial charge in [-0.3, -0.25) is 9.59 Å². The zero-order chi connectivity index (χ0) is 20.8. The molecule has 146 valence electrons. The number of carbonyl (C=O) groups is 3. The molecule has 0 aliphatic carbocycles. The highest BCUT2D eigenvalue weighted by molar-refractivity contribution is 9.10. The predicted molar refractivity (Wildman–Crippen MR) is 117 cm³/mol. The molecule has 3 aromatic carbocycles. The number of para-hydroxylation sites is 1. The van der Waals surface area contributed by atoms with Crippen molar-refractivity contribution >= 4 is 55.2 Å². The van der Waals surface area contributed by atoms with Crippen LogP contribution in [-0.2, 0) is 4.74 Å². The number of hydrogen-bond donors (Lipinski definition) is 1. The van der Waals surface area contributed by atoms with Gasteiger partial charge in [0.05, 0.1) is 11.3 Å². The molecular formula is C22H15Br2NO4. The average molecular weight is 517 g/mol. The van der Waals surface area contributed by atoms with Crippen LogP contribution in [0.3, 0.4) is 0 Å². The average Bonchev–Trinajstić information content (AvgIpc) is 2.73. The minimum Gasteiger partial charge on any atom is -0.454 e. The van der Waals surface area contributed by atoms with E-state index < -0.39 is 12.6 Å². The van der Waals surface area contributed by atoms with Crippen molar-refractivity contribution in [3.05, 3.63) is 98.4 Å². The highest BCUT2D eigenvalue weighted by Gasteiger charge is 2.17. The van der Waals surface area contributed by atoms with E-state index in [0.29, 0.717) is 16.8 Å². The van der Waals surface area contributed by atoms with E-state index in [0.717, 1.165) is 8.95 Å². The molecule has 0 bridgehead atoms. The molecule has 0 radical (unpaired) electrons. The maximum atomic E-state index is 12.5. The second kappa shape index (κ2) is 9.62. The van der Waals surface area contributed by atoms with Crippen LogP contribution in [0, 0.1) is 0 Å². The van der Waals surface area contributed by atoms with Gasteiger partial charge in [-0.15, -0.1) is 0 Å². The van der Waals surface area contributed by atoms with Gasteiger partial charge in [0, 0.05) is 20.1 Å². The highest BCUT2D eigenvalue weighted by Crippen LogP contribution is 2.19. The van der Waals surface area contributed by atoms with Crippen LogP contribution < -0.4 is 5.32 Å². The summed E-state index contributed by atoms with van der Waals surface area (Å²) in [6, 6.07) is 20.1. The SMILES string of the molecule is O=C(COC(=O)c1ccccc1NC(=O)c1ccc(Br)cc1)c1ccc(Br)cc1. The minimum atomic E-state index is -0.692. The first kappa shape index (κ1) is 21.0. The second-order valence-corrected chi connectivity index (χ2v) is 7.84. The molecule has 0 atom stereocenters.